The average molecular weight is 188 g/mol. The van der Waals surface area contributed by atoms with Gasteiger partial charge in [-0.25, -0.2) is 0 Å². The van der Waals surface area contributed by atoms with Gasteiger partial charge in [-0.1, -0.05) is 6.92 Å². The van der Waals surface area contributed by atoms with E-state index in [4.69, 9.17) is 4.74 Å². The van der Waals surface area contributed by atoms with Crippen LogP contribution in [0.2, 0.25) is 0 Å². The standard InChI is InChI=1S/C8H14O5/c1-3-8(7(11)12,13-4-2)5-6(9)10/h3-5H2,1-2H3,(H,9,10)(H,11,12)/p-2. The van der Waals surface area contributed by atoms with Crippen molar-refractivity contribution in [3.63, 3.8) is 0 Å². The molecular weight excluding hydrogens is 176 g/mol. The molecule has 1 atom stereocenters. The molecule has 0 aromatic heterocycles. The van der Waals surface area contributed by atoms with Crippen molar-refractivity contribution in [2.45, 2.75) is 32.3 Å². The van der Waals surface area contributed by atoms with E-state index in [-0.39, 0.29) is 13.0 Å². The number of aliphatic carboxylic acids is 2. The van der Waals surface area contributed by atoms with Crippen LogP contribution in [0.5, 0.6) is 0 Å². The maximum Gasteiger partial charge on any atom is 0.112 e. The lowest BCUT2D eigenvalue weighted by molar-refractivity contribution is -0.336. The summed E-state index contributed by atoms with van der Waals surface area (Å²) >= 11 is 0. The molecule has 0 aliphatic heterocycles. The van der Waals surface area contributed by atoms with E-state index in [0.717, 1.165) is 0 Å². The quantitative estimate of drug-likeness (QED) is 0.483. The Morgan fingerprint density at radius 2 is 1.85 bits per heavy atom. The van der Waals surface area contributed by atoms with E-state index in [9.17, 15) is 19.8 Å². The lowest BCUT2D eigenvalue weighted by atomic mass is 9.96. The van der Waals surface area contributed by atoms with Crippen LogP contribution in [-0.2, 0) is 14.3 Å². The molecule has 0 rings (SSSR count). The second kappa shape index (κ2) is 4.81. The zero-order valence-electron chi connectivity index (χ0n) is 7.66. The van der Waals surface area contributed by atoms with Gasteiger partial charge in [-0.15, -0.1) is 0 Å². The SMILES string of the molecule is CCOC(CC)(CC(=O)[O-])C(=O)[O-]. The number of ether oxygens (including phenoxy) is 1. The number of rotatable bonds is 6. The number of carbonyl (C=O) groups excluding carboxylic acids is 2. The molecule has 0 aliphatic rings. The minimum absolute atomic E-state index is 0.0388. The predicted octanol–water partition coefficient (Wildman–Crippen LogP) is -1.94. The minimum atomic E-state index is -1.74. The molecule has 0 radical (unpaired) electrons. The fourth-order valence-corrected chi connectivity index (χ4v) is 1.06. The van der Waals surface area contributed by atoms with Crippen molar-refractivity contribution >= 4 is 11.9 Å². The van der Waals surface area contributed by atoms with Crippen LogP contribution < -0.4 is 10.2 Å². The van der Waals surface area contributed by atoms with Crippen molar-refractivity contribution < 1.29 is 24.5 Å². The van der Waals surface area contributed by atoms with Gasteiger partial charge >= 0.3 is 0 Å². The number of carboxylic acids is 2. The molecule has 0 saturated heterocycles. The highest BCUT2D eigenvalue weighted by Gasteiger charge is 2.30. The lowest BCUT2D eigenvalue weighted by Gasteiger charge is -2.33. The third-order valence-corrected chi connectivity index (χ3v) is 1.79. The van der Waals surface area contributed by atoms with Gasteiger partial charge in [-0.3, -0.25) is 0 Å². The summed E-state index contributed by atoms with van der Waals surface area (Å²) in [6.45, 7) is 3.23. The van der Waals surface area contributed by atoms with Crippen molar-refractivity contribution in [2.75, 3.05) is 6.61 Å². The van der Waals surface area contributed by atoms with Gasteiger partial charge in [0, 0.05) is 19.0 Å². The summed E-state index contributed by atoms with van der Waals surface area (Å²) in [5, 5.41) is 20.9. The van der Waals surface area contributed by atoms with E-state index in [1.807, 2.05) is 0 Å². The fraction of sp³-hybridized carbons (Fsp3) is 0.750. The summed E-state index contributed by atoms with van der Waals surface area (Å²) in [4.78, 5) is 20.9. The molecule has 13 heavy (non-hydrogen) atoms. The Labute approximate surface area is 76.3 Å². The van der Waals surface area contributed by atoms with Crippen LogP contribution in [-0.4, -0.2) is 24.1 Å². The second-order valence-corrected chi connectivity index (χ2v) is 2.62. The predicted molar refractivity (Wildman–Crippen MR) is 39.3 cm³/mol. The molecule has 5 heteroatoms. The Balaban J connectivity index is 4.64. The van der Waals surface area contributed by atoms with Crippen molar-refractivity contribution in [3.05, 3.63) is 0 Å². The van der Waals surface area contributed by atoms with Crippen molar-refractivity contribution in [3.8, 4) is 0 Å². The monoisotopic (exact) mass is 188 g/mol. The Bertz CT molecular complexity index is 201. The van der Waals surface area contributed by atoms with E-state index < -0.39 is 24.0 Å². The Kier molecular flexibility index (Phi) is 4.40. The maximum atomic E-state index is 10.7. The van der Waals surface area contributed by atoms with Gasteiger partial charge < -0.3 is 24.5 Å². The van der Waals surface area contributed by atoms with E-state index >= 15 is 0 Å². The molecule has 5 nitrogen and oxygen atoms in total. The summed E-state index contributed by atoms with van der Waals surface area (Å²) in [6, 6.07) is 0. The van der Waals surface area contributed by atoms with Crippen LogP contribution in [0.3, 0.4) is 0 Å². The van der Waals surface area contributed by atoms with Crippen LogP contribution in [0.25, 0.3) is 0 Å². The summed E-state index contributed by atoms with van der Waals surface area (Å²) in [6.07, 6.45) is -0.642. The number of hydrogen-bond acceptors (Lipinski definition) is 5. The number of hydrogen-bond donors (Lipinski definition) is 0. The summed E-state index contributed by atoms with van der Waals surface area (Å²) < 4.78 is 4.87. The number of carbonyl (C=O) groups is 2. The molecule has 0 bridgehead atoms. The third kappa shape index (κ3) is 3.02. The highest BCUT2D eigenvalue weighted by molar-refractivity contribution is 5.81. The first-order chi connectivity index (χ1) is 5.98. The third-order valence-electron chi connectivity index (χ3n) is 1.79. The van der Waals surface area contributed by atoms with Gasteiger partial charge in [-0.05, 0) is 13.3 Å². The van der Waals surface area contributed by atoms with Gasteiger partial charge in [0.2, 0.25) is 0 Å². The van der Waals surface area contributed by atoms with Crippen molar-refractivity contribution in [1.82, 2.24) is 0 Å². The molecule has 0 fully saturated rings. The lowest BCUT2D eigenvalue weighted by Crippen LogP contribution is -2.53. The molecule has 1 unspecified atom stereocenters. The molecule has 0 N–H and O–H groups in total. The Morgan fingerprint density at radius 1 is 1.31 bits per heavy atom. The molecule has 0 spiro atoms. The highest BCUT2D eigenvalue weighted by atomic mass is 16.5. The van der Waals surface area contributed by atoms with E-state index in [2.05, 4.69) is 0 Å². The average Bonchev–Trinajstić information content (AvgIpc) is 2.02. The van der Waals surface area contributed by atoms with Crippen LogP contribution in [0.4, 0.5) is 0 Å². The molecule has 0 aliphatic carbocycles. The zero-order chi connectivity index (χ0) is 10.5. The van der Waals surface area contributed by atoms with Gasteiger partial charge in [0.05, 0.1) is 5.97 Å². The molecular formula is C8H12O5-2. The maximum absolute atomic E-state index is 10.7. The highest BCUT2D eigenvalue weighted by Crippen LogP contribution is 2.19. The van der Waals surface area contributed by atoms with E-state index in [0.29, 0.717) is 0 Å². The van der Waals surface area contributed by atoms with E-state index in [1.54, 1.807) is 6.92 Å². The summed E-state index contributed by atoms with van der Waals surface area (Å²) in [5.74, 6) is -2.97. The zero-order valence-corrected chi connectivity index (χ0v) is 7.66. The van der Waals surface area contributed by atoms with Crippen LogP contribution in [0, 0.1) is 0 Å². The van der Waals surface area contributed by atoms with E-state index in [1.165, 1.54) is 6.92 Å². The largest absolute Gasteiger partial charge is 0.550 e. The number of carboxylic acid groups (broad SMARTS) is 2. The van der Waals surface area contributed by atoms with Crippen LogP contribution in [0.1, 0.15) is 26.7 Å². The summed E-state index contributed by atoms with van der Waals surface area (Å²) in [7, 11) is 0. The molecule has 76 valence electrons. The Morgan fingerprint density at radius 3 is 2.08 bits per heavy atom. The van der Waals surface area contributed by atoms with Gasteiger partial charge in [0.1, 0.15) is 5.60 Å². The van der Waals surface area contributed by atoms with Crippen molar-refractivity contribution in [2.24, 2.45) is 0 Å². The first-order valence-electron chi connectivity index (χ1n) is 4.03. The first kappa shape index (κ1) is 11.9. The second-order valence-electron chi connectivity index (χ2n) is 2.62. The molecule has 0 amide bonds. The van der Waals surface area contributed by atoms with Crippen LogP contribution >= 0.6 is 0 Å². The van der Waals surface area contributed by atoms with Gasteiger partial charge in [0.15, 0.2) is 0 Å². The fourth-order valence-electron chi connectivity index (χ4n) is 1.06. The summed E-state index contributed by atoms with van der Waals surface area (Å²) in [5.41, 5.74) is -1.74. The van der Waals surface area contributed by atoms with Gasteiger partial charge in [-0.2, -0.15) is 0 Å². The molecule has 0 heterocycles. The Hall–Kier alpha value is -1.10. The minimum Gasteiger partial charge on any atom is -0.550 e. The van der Waals surface area contributed by atoms with Crippen molar-refractivity contribution in [1.29, 1.82) is 0 Å². The molecule has 0 aromatic carbocycles. The first-order valence-corrected chi connectivity index (χ1v) is 4.03. The molecule has 0 saturated carbocycles. The molecule has 0 aromatic rings. The van der Waals surface area contributed by atoms with Gasteiger partial charge in [0.25, 0.3) is 0 Å². The topological polar surface area (TPSA) is 89.5 Å². The normalized spacial score (nSPS) is 14.9. The smallest absolute Gasteiger partial charge is 0.112 e. The van der Waals surface area contributed by atoms with Crippen LogP contribution in [0.15, 0.2) is 0 Å².